The highest BCUT2D eigenvalue weighted by Crippen LogP contribution is 2.16. The van der Waals surface area contributed by atoms with Gasteiger partial charge in [0.05, 0.1) is 0 Å². The average Bonchev–Trinajstić information content (AvgIpc) is 2.47. The number of rotatable bonds is 4. The van der Waals surface area contributed by atoms with Crippen LogP contribution in [0.3, 0.4) is 0 Å². The first-order valence-corrected chi connectivity index (χ1v) is 7.38. The summed E-state index contributed by atoms with van der Waals surface area (Å²) >= 11 is 0. The van der Waals surface area contributed by atoms with Crippen molar-refractivity contribution in [3.8, 4) is 0 Å². The highest BCUT2D eigenvalue weighted by molar-refractivity contribution is 5.92. The zero-order valence-electron chi connectivity index (χ0n) is 12.4. The molecule has 3 heteroatoms. The Bertz CT molecular complexity index is 480. The lowest BCUT2D eigenvalue weighted by Crippen LogP contribution is -2.41. The molecule has 0 radical (unpaired) electrons. The topological polar surface area (TPSA) is 32.3 Å². The summed E-state index contributed by atoms with van der Waals surface area (Å²) in [5.41, 5.74) is 2.31. The minimum Gasteiger partial charge on any atom is -0.339 e. The van der Waals surface area contributed by atoms with Crippen molar-refractivity contribution in [2.45, 2.75) is 19.8 Å². The third kappa shape index (κ3) is 3.94. The second kappa shape index (κ2) is 7.25. The molecule has 0 spiro atoms. The molecule has 0 aliphatic carbocycles. The fourth-order valence-corrected chi connectivity index (χ4v) is 2.76. The number of hydrogen-bond donors (Lipinski definition) is 1. The van der Waals surface area contributed by atoms with Gasteiger partial charge in [-0.2, -0.15) is 0 Å². The van der Waals surface area contributed by atoms with E-state index >= 15 is 0 Å². The van der Waals surface area contributed by atoms with Gasteiger partial charge in [-0.15, -0.1) is 0 Å². The molecule has 1 atom stereocenters. The maximum absolute atomic E-state index is 12.3. The van der Waals surface area contributed by atoms with Gasteiger partial charge in [0, 0.05) is 19.2 Å². The number of carbonyl (C=O) groups excluding carboxylic acids is 1. The standard InChI is InChI=1S/C17H24N2O/c1-14-6-3-4-8-16(14)9-10-17(20)19-11-5-7-15(13-19)12-18-2/h3-4,6,8-10,15,18H,5,7,11-13H2,1-2H3/b10-9+. The fourth-order valence-electron chi connectivity index (χ4n) is 2.76. The minimum absolute atomic E-state index is 0.133. The molecule has 108 valence electrons. The van der Waals surface area contributed by atoms with Crippen molar-refractivity contribution in [3.05, 3.63) is 41.5 Å². The monoisotopic (exact) mass is 272 g/mol. The second-order valence-electron chi connectivity index (χ2n) is 5.54. The van der Waals surface area contributed by atoms with Gasteiger partial charge in [0.25, 0.3) is 0 Å². The van der Waals surface area contributed by atoms with Crippen LogP contribution in [0, 0.1) is 12.8 Å². The van der Waals surface area contributed by atoms with Crippen molar-refractivity contribution < 1.29 is 4.79 Å². The summed E-state index contributed by atoms with van der Waals surface area (Å²) in [6, 6.07) is 8.12. The summed E-state index contributed by atoms with van der Waals surface area (Å²) in [6.07, 6.45) is 5.96. The molecule has 3 nitrogen and oxygen atoms in total. The Hall–Kier alpha value is -1.61. The number of amides is 1. The zero-order valence-corrected chi connectivity index (χ0v) is 12.4. The number of likely N-dealkylation sites (tertiary alicyclic amines) is 1. The fraction of sp³-hybridized carbons (Fsp3) is 0.471. The molecular weight excluding hydrogens is 248 g/mol. The predicted octanol–water partition coefficient (Wildman–Crippen LogP) is 2.47. The van der Waals surface area contributed by atoms with Gasteiger partial charge in [-0.1, -0.05) is 24.3 Å². The zero-order chi connectivity index (χ0) is 14.4. The Morgan fingerprint density at radius 3 is 3.00 bits per heavy atom. The molecule has 20 heavy (non-hydrogen) atoms. The van der Waals surface area contributed by atoms with Gasteiger partial charge < -0.3 is 10.2 Å². The molecule has 0 aromatic heterocycles. The van der Waals surface area contributed by atoms with Crippen LogP contribution in [-0.2, 0) is 4.79 Å². The third-order valence-corrected chi connectivity index (χ3v) is 3.92. The summed E-state index contributed by atoms with van der Waals surface area (Å²) in [5, 5.41) is 3.21. The van der Waals surface area contributed by atoms with E-state index in [1.165, 1.54) is 12.0 Å². The van der Waals surface area contributed by atoms with Crippen molar-refractivity contribution in [3.63, 3.8) is 0 Å². The minimum atomic E-state index is 0.133. The molecule has 1 heterocycles. The van der Waals surface area contributed by atoms with Gasteiger partial charge in [-0.3, -0.25) is 4.79 Å². The quantitative estimate of drug-likeness (QED) is 0.854. The largest absolute Gasteiger partial charge is 0.339 e. The number of benzene rings is 1. The Balaban J connectivity index is 1.96. The van der Waals surface area contributed by atoms with E-state index in [1.807, 2.05) is 36.2 Å². The molecule has 1 fully saturated rings. The van der Waals surface area contributed by atoms with E-state index in [9.17, 15) is 4.79 Å². The van der Waals surface area contributed by atoms with E-state index in [-0.39, 0.29) is 5.91 Å². The summed E-state index contributed by atoms with van der Waals surface area (Å²) in [5.74, 6) is 0.721. The summed E-state index contributed by atoms with van der Waals surface area (Å²) < 4.78 is 0. The molecule has 1 N–H and O–H groups in total. The third-order valence-electron chi connectivity index (χ3n) is 3.92. The van der Waals surface area contributed by atoms with Crippen LogP contribution in [0.4, 0.5) is 0 Å². The van der Waals surface area contributed by atoms with E-state index in [0.29, 0.717) is 5.92 Å². The van der Waals surface area contributed by atoms with Crippen LogP contribution in [0.2, 0.25) is 0 Å². The number of aryl methyl sites for hydroxylation is 1. The van der Waals surface area contributed by atoms with Crippen LogP contribution in [0.25, 0.3) is 6.08 Å². The van der Waals surface area contributed by atoms with Gasteiger partial charge in [0.1, 0.15) is 0 Å². The molecule has 1 saturated heterocycles. The lowest BCUT2D eigenvalue weighted by Gasteiger charge is -2.32. The van der Waals surface area contributed by atoms with Crippen LogP contribution < -0.4 is 5.32 Å². The summed E-state index contributed by atoms with van der Waals surface area (Å²) in [4.78, 5) is 14.2. The van der Waals surface area contributed by atoms with Crippen LogP contribution in [0.1, 0.15) is 24.0 Å². The normalized spacial score (nSPS) is 19.5. The number of carbonyl (C=O) groups is 1. The Morgan fingerprint density at radius 2 is 2.25 bits per heavy atom. The van der Waals surface area contributed by atoms with Crippen molar-refractivity contribution in [1.82, 2.24) is 10.2 Å². The maximum Gasteiger partial charge on any atom is 0.246 e. The van der Waals surface area contributed by atoms with Crippen molar-refractivity contribution in [2.24, 2.45) is 5.92 Å². The smallest absolute Gasteiger partial charge is 0.246 e. The highest BCUT2D eigenvalue weighted by atomic mass is 16.2. The lowest BCUT2D eigenvalue weighted by atomic mass is 9.98. The average molecular weight is 272 g/mol. The number of nitrogens with zero attached hydrogens (tertiary/aromatic N) is 1. The van der Waals surface area contributed by atoms with E-state index in [4.69, 9.17) is 0 Å². The van der Waals surface area contributed by atoms with E-state index in [2.05, 4.69) is 18.3 Å². The molecule has 1 unspecified atom stereocenters. The Kier molecular flexibility index (Phi) is 5.36. The highest BCUT2D eigenvalue weighted by Gasteiger charge is 2.21. The number of hydrogen-bond acceptors (Lipinski definition) is 2. The van der Waals surface area contributed by atoms with E-state index in [0.717, 1.165) is 31.6 Å². The van der Waals surface area contributed by atoms with Crippen molar-refractivity contribution in [2.75, 3.05) is 26.7 Å². The molecule has 1 aromatic carbocycles. The molecule has 0 bridgehead atoms. The maximum atomic E-state index is 12.3. The van der Waals surface area contributed by atoms with Crippen LogP contribution in [0.15, 0.2) is 30.3 Å². The van der Waals surface area contributed by atoms with Gasteiger partial charge in [-0.05, 0) is 56.5 Å². The van der Waals surface area contributed by atoms with E-state index in [1.54, 1.807) is 6.08 Å². The molecule has 1 aromatic rings. The van der Waals surface area contributed by atoms with Crippen molar-refractivity contribution >= 4 is 12.0 Å². The molecule has 1 aliphatic heterocycles. The van der Waals surface area contributed by atoms with Crippen LogP contribution >= 0.6 is 0 Å². The summed E-state index contributed by atoms with van der Waals surface area (Å²) in [6.45, 7) is 4.81. The number of piperidine rings is 1. The first kappa shape index (κ1) is 14.8. The molecule has 0 saturated carbocycles. The Morgan fingerprint density at radius 1 is 1.45 bits per heavy atom. The second-order valence-corrected chi connectivity index (χ2v) is 5.54. The Labute approximate surface area is 121 Å². The van der Waals surface area contributed by atoms with Gasteiger partial charge >= 0.3 is 0 Å². The van der Waals surface area contributed by atoms with E-state index < -0.39 is 0 Å². The van der Waals surface area contributed by atoms with Crippen LogP contribution in [-0.4, -0.2) is 37.5 Å². The molecular formula is C17H24N2O. The van der Waals surface area contributed by atoms with Gasteiger partial charge in [0.15, 0.2) is 0 Å². The van der Waals surface area contributed by atoms with Crippen molar-refractivity contribution in [1.29, 1.82) is 0 Å². The number of nitrogens with one attached hydrogen (secondary N) is 1. The van der Waals surface area contributed by atoms with Crippen LogP contribution in [0.5, 0.6) is 0 Å². The van der Waals surface area contributed by atoms with Gasteiger partial charge in [0.2, 0.25) is 5.91 Å². The predicted molar refractivity (Wildman–Crippen MR) is 83.4 cm³/mol. The first-order valence-electron chi connectivity index (χ1n) is 7.38. The molecule has 1 amide bonds. The first-order chi connectivity index (χ1) is 9.70. The van der Waals surface area contributed by atoms with Gasteiger partial charge in [-0.25, -0.2) is 0 Å². The molecule has 1 aliphatic rings. The summed E-state index contributed by atoms with van der Waals surface area (Å²) in [7, 11) is 1.97. The molecule has 2 rings (SSSR count). The lowest BCUT2D eigenvalue weighted by molar-refractivity contribution is -0.127. The SMILES string of the molecule is CNCC1CCCN(C(=O)/C=C/c2ccccc2C)C1.